The Bertz CT molecular complexity index is 2110. The van der Waals surface area contributed by atoms with Crippen LogP contribution in [0.2, 0.25) is 0 Å². The molecule has 68 heavy (non-hydrogen) atoms. The Morgan fingerprint density at radius 3 is 1.63 bits per heavy atom. The summed E-state index contributed by atoms with van der Waals surface area (Å²) >= 11 is 0. The van der Waals surface area contributed by atoms with Gasteiger partial charge in [0.2, 0.25) is 5.91 Å². The van der Waals surface area contributed by atoms with Crippen LogP contribution in [0, 0.1) is 0 Å². The number of carboxylic acid groups (broad SMARTS) is 6. The van der Waals surface area contributed by atoms with Gasteiger partial charge in [0.15, 0.2) is 5.96 Å². The number of nitrogens with zero attached hydrogens (tertiary/aromatic N) is 2. The number of carbonyl (C=O) groups is 7. The molecule has 6 atom stereocenters. The topological polar surface area (TPSA) is 492 Å². The standard InChI is InChI=1S/C11H12N2O2.C9H11NO2.C8H15NO3.C6H14N4O2.C6H9N3O2.C3H7NO2/c12-9(11(14)15)5-7-6-13-10-4-2-1-3-8(7)10;10-8(9(11)12)6-7-4-2-1-3-5-7;1-3-4-5-7(8(11)12)9-6(2)10;7-4(5(11)12)2-1-3-10-6(8)9;7-5(6(10)11)1-4-2-8-3-9-4;1-2(4)3(5)6/h1-4,6,9,13H,5,12H2,(H,14,15);1-5,8H,6,10H2,(H,11,12);7H,3-5H2,1-2H3,(H,9,10)(H,11,12);4H,1-3,7H2,(H,11,12)(H4,8,9,10);2-3,5H,1,7H2,(H,8,9)(H,10,11);2H,4H2,1H3,(H,5,6)/t9-;8-;7-;4-;5-;2-/m010000/s1. The fourth-order valence-electron chi connectivity index (χ4n) is 4.85. The van der Waals surface area contributed by atoms with E-state index < -0.39 is 72.1 Å². The molecule has 2 aromatic heterocycles. The third-order valence-electron chi connectivity index (χ3n) is 8.56. The number of guanidine groups is 1. The molecule has 378 valence electrons. The molecule has 1 amide bonds. The van der Waals surface area contributed by atoms with Gasteiger partial charge < -0.3 is 86.1 Å². The van der Waals surface area contributed by atoms with Gasteiger partial charge in [0.1, 0.15) is 36.3 Å². The molecule has 25 heteroatoms. The number of hydrogen-bond donors (Lipinski definition) is 16. The summed E-state index contributed by atoms with van der Waals surface area (Å²) in [5.41, 5.74) is 39.9. The van der Waals surface area contributed by atoms with Gasteiger partial charge in [0.05, 0.1) is 6.33 Å². The lowest BCUT2D eigenvalue weighted by Crippen LogP contribution is -2.39. The van der Waals surface area contributed by atoms with Crippen LogP contribution >= 0.6 is 0 Å². The Morgan fingerprint density at radius 2 is 1.18 bits per heavy atom. The minimum absolute atomic E-state index is 0.0129. The van der Waals surface area contributed by atoms with Crippen LogP contribution in [0.4, 0.5) is 0 Å². The molecule has 0 bridgehead atoms. The van der Waals surface area contributed by atoms with E-state index in [-0.39, 0.29) is 18.3 Å². The summed E-state index contributed by atoms with van der Waals surface area (Å²) in [6, 6.07) is 12.3. The summed E-state index contributed by atoms with van der Waals surface area (Å²) in [4.78, 5) is 85.4. The van der Waals surface area contributed by atoms with Gasteiger partial charge in [-0.1, -0.05) is 68.3 Å². The minimum atomic E-state index is -1.00. The quantitative estimate of drug-likeness (QED) is 0.0309. The zero-order valence-electron chi connectivity index (χ0n) is 38.2. The molecule has 2 aromatic carbocycles. The van der Waals surface area contributed by atoms with Crippen molar-refractivity contribution in [3.8, 4) is 0 Å². The molecule has 25 nitrogen and oxygen atoms in total. The van der Waals surface area contributed by atoms with Gasteiger partial charge in [-0.05, 0) is 49.8 Å². The van der Waals surface area contributed by atoms with Gasteiger partial charge in [-0.15, -0.1) is 0 Å². The monoisotopic (exact) mass is 961 g/mol. The molecule has 0 radical (unpaired) electrons. The second-order valence-corrected chi connectivity index (χ2v) is 14.6. The maximum absolute atomic E-state index is 10.6. The van der Waals surface area contributed by atoms with Crippen LogP contribution in [0.5, 0.6) is 0 Å². The van der Waals surface area contributed by atoms with E-state index in [2.05, 4.69) is 25.3 Å². The van der Waals surface area contributed by atoms with E-state index >= 15 is 0 Å². The highest BCUT2D eigenvalue weighted by molar-refractivity contribution is 5.84. The van der Waals surface area contributed by atoms with E-state index in [0.717, 1.165) is 40.6 Å². The number of amides is 1. The van der Waals surface area contributed by atoms with Gasteiger partial charge in [-0.3, -0.25) is 33.8 Å². The van der Waals surface area contributed by atoms with Gasteiger partial charge in [-0.25, -0.2) is 9.78 Å². The maximum Gasteiger partial charge on any atom is 0.326 e. The molecule has 0 saturated carbocycles. The number of unbranched alkanes of at least 4 members (excludes halogenated alkanes) is 1. The van der Waals surface area contributed by atoms with E-state index in [9.17, 15) is 33.6 Å². The number of nitrogens with one attached hydrogen (secondary N) is 3. The van der Waals surface area contributed by atoms with Gasteiger partial charge in [0.25, 0.3) is 0 Å². The first-order chi connectivity index (χ1) is 31.8. The summed E-state index contributed by atoms with van der Waals surface area (Å²) < 4.78 is 0. The van der Waals surface area contributed by atoms with Crippen molar-refractivity contribution in [2.24, 2.45) is 45.1 Å². The van der Waals surface area contributed by atoms with E-state index in [4.69, 9.17) is 70.8 Å². The molecule has 0 saturated heterocycles. The predicted molar refractivity (Wildman–Crippen MR) is 253 cm³/mol. The zero-order chi connectivity index (χ0) is 52.4. The lowest BCUT2D eigenvalue weighted by Gasteiger charge is -2.11. The van der Waals surface area contributed by atoms with Crippen molar-refractivity contribution >= 4 is 58.6 Å². The van der Waals surface area contributed by atoms with E-state index in [1.165, 1.54) is 20.2 Å². The minimum Gasteiger partial charge on any atom is -0.480 e. The maximum atomic E-state index is 10.6. The number of nitrogens with two attached hydrogens (primary N) is 7. The van der Waals surface area contributed by atoms with Crippen molar-refractivity contribution in [2.75, 3.05) is 6.54 Å². The Labute approximate surface area is 392 Å². The number of aromatic amines is 2. The SMILES string of the molecule is CCCC[C@H](NC(C)=O)C(=O)O.C[C@H](N)C(=O)O.NC(N)=NCCC[C@H](N)C(=O)O.N[C@@H](Cc1c[nH]c2ccccc12)C(=O)O.N[C@@H](Cc1cnc[nH]1)C(=O)O.N[C@H](Cc1ccccc1)C(=O)O. The fraction of sp³-hybridized carbons (Fsp3) is 0.419. The number of fused-ring (bicyclic) bond motifs is 1. The first-order valence-corrected chi connectivity index (χ1v) is 20.9. The number of carbonyl (C=O) groups excluding carboxylic acids is 1. The van der Waals surface area contributed by atoms with Crippen molar-refractivity contribution in [1.82, 2.24) is 20.3 Å². The highest BCUT2D eigenvalue weighted by Crippen LogP contribution is 2.18. The lowest BCUT2D eigenvalue weighted by atomic mass is 10.1. The summed E-state index contributed by atoms with van der Waals surface area (Å²) in [6.07, 6.45) is 9.09. The third kappa shape index (κ3) is 31.4. The zero-order valence-corrected chi connectivity index (χ0v) is 38.2. The third-order valence-corrected chi connectivity index (χ3v) is 8.56. The summed E-state index contributed by atoms with van der Waals surface area (Å²) in [5.74, 6) is -6.13. The molecule has 23 N–H and O–H groups in total. The van der Waals surface area contributed by atoms with Crippen LogP contribution in [0.25, 0.3) is 10.9 Å². The van der Waals surface area contributed by atoms with Crippen LogP contribution in [-0.4, -0.2) is 136 Å². The first kappa shape index (κ1) is 62.6. The predicted octanol–water partition coefficient (Wildman–Crippen LogP) is -0.237. The second-order valence-electron chi connectivity index (χ2n) is 14.6. The van der Waals surface area contributed by atoms with Crippen molar-refractivity contribution in [3.63, 3.8) is 0 Å². The molecule has 4 rings (SSSR count). The van der Waals surface area contributed by atoms with Crippen molar-refractivity contribution in [2.45, 2.75) is 108 Å². The van der Waals surface area contributed by atoms with Crippen molar-refractivity contribution in [1.29, 1.82) is 0 Å². The molecule has 4 aromatic rings. The average molecular weight is 961 g/mol. The number of H-pyrrole nitrogens is 2. The van der Waals surface area contributed by atoms with Gasteiger partial charge >= 0.3 is 35.8 Å². The fourth-order valence-corrected chi connectivity index (χ4v) is 4.85. The molecular weight excluding hydrogens is 893 g/mol. The van der Waals surface area contributed by atoms with Gasteiger partial charge in [0, 0.05) is 55.3 Å². The Hall–Kier alpha value is -7.45. The second kappa shape index (κ2) is 35.8. The smallest absolute Gasteiger partial charge is 0.326 e. The van der Waals surface area contributed by atoms with Crippen LogP contribution in [0.1, 0.15) is 69.7 Å². The molecule has 0 unspecified atom stereocenters. The Morgan fingerprint density at radius 1 is 0.662 bits per heavy atom. The number of carboxylic acids is 6. The molecule has 0 aliphatic carbocycles. The average Bonchev–Trinajstić information content (AvgIpc) is 3.95. The normalized spacial score (nSPS) is 12.6. The number of aliphatic carboxylic acids is 6. The van der Waals surface area contributed by atoms with Crippen LogP contribution in [-0.2, 0) is 52.8 Å². The Balaban J connectivity index is 0. The van der Waals surface area contributed by atoms with Crippen LogP contribution in [0.3, 0.4) is 0 Å². The highest BCUT2D eigenvalue weighted by atomic mass is 16.4. The number of para-hydroxylation sites is 1. The number of benzene rings is 2. The number of hydrogen-bond acceptors (Lipinski definition) is 14. The number of aliphatic imine (C=N–C) groups is 1. The molecule has 0 fully saturated rings. The lowest BCUT2D eigenvalue weighted by molar-refractivity contribution is -0.142. The largest absolute Gasteiger partial charge is 0.480 e. The van der Waals surface area contributed by atoms with E-state index in [0.29, 0.717) is 38.6 Å². The summed E-state index contributed by atoms with van der Waals surface area (Å²) in [7, 11) is 0. The number of imidazole rings is 1. The van der Waals surface area contributed by atoms with Crippen molar-refractivity contribution in [3.05, 3.63) is 90.1 Å². The Kier molecular flexibility index (Phi) is 32.9. The molecule has 0 spiro atoms. The van der Waals surface area contributed by atoms with Crippen LogP contribution in [0.15, 0.2) is 78.3 Å². The summed E-state index contributed by atoms with van der Waals surface area (Å²) in [5, 5.41) is 53.9. The first-order valence-electron chi connectivity index (χ1n) is 20.9. The molecule has 0 aliphatic heterocycles. The number of rotatable bonds is 20. The molecule has 0 aliphatic rings. The van der Waals surface area contributed by atoms with Gasteiger partial charge in [-0.2, -0.15) is 0 Å². The van der Waals surface area contributed by atoms with Crippen molar-refractivity contribution < 1.29 is 64.2 Å². The number of aromatic nitrogens is 3. The molecular formula is C43H68N12O13. The summed E-state index contributed by atoms with van der Waals surface area (Å²) in [6.45, 7) is 5.14. The van der Waals surface area contributed by atoms with E-state index in [1.807, 2.05) is 67.7 Å². The highest BCUT2D eigenvalue weighted by Gasteiger charge is 2.17. The van der Waals surface area contributed by atoms with E-state index in [1.54, 1.807) is 6.20 Å². The van der Waals surface area contributed by atoms with Crippen LogP contribution < -0.4 is 45.5 Å². The molecule has 2 heterocycles.